The number of rotatable bonds is 7. The van der Waals surface area contributed by atoms with Gasteiger partial charge in [0.15, 0.2) is 0 Å². The van der Waals surface area contributed by atoms with Gasteiger partial charge in [-0.3, -0.25) is 0 Å². The van der Waals surface area contributed by atoms with E-state index in [9.17, 15) is 0 Å². The Kier molecular flexibility index (Phi) is 5.86. The fourth-order valence-corrected chi connectivity index (χ4v) is 3.01. The smallest absolute Gasteiger partial charge is 0.127 e. The molecule has 0 radical (unpaired) electrons. The van der Waals surface area contributed by atoms with Crippen LogP contribution in [-0.2, 0) is 12.8 Å². The van der Waals surface area contributed by atoms with Gasteiger partial charge in [-0.05, 0) is 60.3 Å². The Hall–Kier alpha value is -2.58. The van der Waals surface area contributed by atoms with E-state index in [-0.39, 0.29) is 0 Å². The number of ether oxygens (including phenoxy) is 1. The van der Waals surface area contributed by atoms with Gasteiger partial charge in [0.05, 0.1) is 0 Å². The molecule has 0 aromatic heterocycles. The Morgan fingerprint density at radius 3 is 2.20 bits per heavy atom. The molecule has 2 heteroatoms. The molecule has 3 aromatic rings. The minimum absolute atomic E-state index is 0.317. The molecule has 0 spiro atoms. The van der Waals surface area contributed by atoms with Crippen molar-refractivity contribution in [2.24, 2.45) is 5.73 Å². The summed E-state index contributed by atoms with van der Waals surface area (Å²) >= 11 is 0. The van der Waals surface area contributed by atoms with E-state index in [1.807, 2.05) is 42.5 Å². The molecule has 3 aromatic carbocycles. The lowest BCUT2D eigenvalue weighted by Crippen LogP contribution is -2.15. The first-order chi connectivity index (χ1) is 12.3. The molecule has 0 saturated carbocycles. The Bertz CT molecular complexity index is 781. The second-order valence-electron chi connectivity index (χ2n) is 6.29. The van der Waals surface area contributed by atoms with Crippen molar-refractivity contribution in [2.45, 2.75) is 25.7 Å². The molecular formula is C23H25NO. The second kappa shape index (κ2) is 8.50. The summed E-state index contributed by atoms with van der Waals surface area (Å²) in [7, 11) is 0. The molecule has 1 unspecified atom stereocenters. The highest BCUT2D eigenvalue weighted by atomic mass is 16.5. The van der Waals surface area contributed by atoms with E-state index in [2.05, 4.69) is 43.3 Å². The van der Waals surface area contributed by atoms with Crippen molar-refractivity contribution < 1.29 is 4.74 Å². The average Bonchev–Trinajstić information content (AvgIpc) is 2.67. The van der Waals surface area contributed by atoms with Gasteiger partial charge in [0.2, 0.25) is 0 Å². The third-order valence-corrected chi connectivity index (χ3v) is 4.50. The van der Waals surface area contributed by atoms with Gasteiger partial charge >= 0.3 is 0 Å². The van der Waals surface area contributed by atoms with Crippen molar-refractivity contribution in [3.63, 3.8) is 0 Å². The van der Waals surface area contributed by atoms with Crippen LogP contribution in [0.3, 0.4) is 0 Å². The summed E-state index contributed by atoms with van der Waals surface area (Å²) in [6, 6.07) is 27.0. The zero-order chi connectivity index (χ0) is 17.5. The third kappa shape index (κ3) is 4.71. The Balaban J connectivity index is 1.73. The molecule has 0 fully saturated rings. The van der Waals surface area contributed by atoms with Gasteiger partial charge in [-0.2, -0.15) is 0 Å². The second-order valence-corrected chi connectivity index (χ2v) is 6.29. The first-order valence-corrected chi connectivity index (χ1v) is 8.89. The monoisotopic (exact) mass is 331 g/mol. The quantitative estimate of drug-likeness (QED) is 0.635. The average molecular weight is 331 g/mol. The van der Waals surface area contributed by atoms with Gasteiger partial charge in [-0.1, -0.05) is 61.5 Å². The van der Waals surface area contributed by atoms with E-state index in [4.69, 9.17) is 10.5 Å². The summed E-state index contributed by atoms with van der Waals surface area (Å²) < 4.78 is 5.94. The number of nitrogens with two attached hydrogens (primary N) is 1. The van der Waals surface area contributed by atoms with Crippen molar-refractivity contribution in [3.8, 4) is 11.5 Å². The van der Waals surface area contributed by atoms with Gasteiger partial charge in [-0.15, -0.1) is 0 Å². The summed E-state index contributed by atoms with van der Waals surface area (Å²) in [4.78, 5) is 0. The van der Waals surface area contributed by atoms with Crippen molar-refractivity contribution >= 4 is 0 Å². The predicted octanol–water partition coefficient (Wildman–Crippen LogP) is 5.33. The van der Waals surface area contributed by atoms with Gasteiger partial charge in [0.1, 0.15) is 11.5 Å². The van der Waals surface area contributed by atoms with Crippen molar-refractivity contribution in [1.29, 1.82) is 0 Å². The van der Waals surface area contributed by atoms with Gasteiger partial charge in [-0.25, -0.2) is 0 Å². The zero-order valence-electron chi connectivity index (χ0n) is 14.7. The molecule has 3 rings (SSSR count). The molecular weight excluding hydrogens is 306 g/mol. The zero-order valence-corrected chi connectivity index (χ0v) is 14.7. The maximum absolute atomic E-state index is 6.05. The van der Waals surface area contributed by atoms with Crippen LogP contribution < -0.4 is 10.5 Å². The lowest BCUT2D eigenvalue weighted by molar-refractivity contribution is 0.481. The SMILES string of the molecule is CCc1ccc(C(CN)Cc2cccc(Oc3ccccc3)c2)cc1. The van der Waals surface area contributed by atoms with Crippen molar-refractivity contribution in [3.05, 3.63) is 95.6 Å². The molecule has 2 nitrogen and oxygen atoms in total. The molecule has 0 aliphatic carbocycles. The summed E-state index contributed by atoms with van der Waals surface area (Å²) in [6.07, 6.45) is 1.97. The number of para-hydroxylation sites is 1. The molecule has 0 aliphatic heterocycles. The fourth-order valence-electron chi connectivity index (χ4n) is 3.01. The van der Waals surface area contributed by atoms with E-state index in [0.29, 0.717) is 12.5 Å². The van der Waals surface area contributed by atoms with Gasteiger partial charge < -0.3 is 10.5 Å². The van der Waals surface area contributed by atoms with E-state index < -0.39 is 0 Å². The lowest BCUT2D eigenvalue weighted by Gasteiger charge is -2.16. The number of hydrogen-bond acceptors (Lipinski definition) is 2. The minimum Gasteiger partial charge on any atom is -0.457 e. The van der Waals surface area contributed by atoms with Crippen LogP contribution in [0.25, 0.3) is 0 Å². The highest BCUT2D eigenvalue weighted by molar-refractivity contribution is 5.35. The van der Waals surface area contributed by atoms with E-state index in [1.165, 1.54) is 16.7 Å². The van der Waals surface area contributed by atoms with E-state index >= 15 is 0 Å². The van der Waals surface area contributed by atoms with Crippen LogP contribution in [0.1, 0.15) is 29.5 Å². The maximum atomic E-state index is 6.05. The topological polar surface area (TPSA) is 35.2 Å². The van der Waals surface area contributed by atoms with Crippen LogP contribution >= 0.6 is 0 Å². The first kappa shape index (κ1) is 17.2. The first-order valence-electron chi connectivity index (χ1n) is 8.89. The van der Waals surface area contributed by atoms with Crippen LogP contribution in [0, 0.1) is 0 Å². The summed E-state index contributed by atoms with van der Waals surface area (Å²) in [6.45, 7) is 2.81. The summed E-state index contributed by atoms with van der Waals surface area (Å²) in [5, 5.41) is 0. The fraction of sp³-hybridized carbons (Fsp3) is 0.217. The van der Waals surface area contributed by atoms with Crippen molar-refractivity contribution in [2.75, 3.05) is 6.54 Å². The molecule has 0 heterocycles. The Labute approximate surface area is 150 Å². The summed E-state index contributed by atoms with van der Waals surface area (Å²) in [5.41, 5.74) is 9.95. The van der Waals surface area contributed by atoms with Crippen LogP contribution in [0.4, 0.5) is 0 Å². The summed E-state index contributed by atoms with van der Waals surface area (Å²) in [5.74, 6) is 2.03. The van der Waals surface area contributed by atoms with Gasteiger partial charge in [0, 0.05) is 5.92 Å². The molecule has 0 amide bonds. The molecule has 1 atom stereocenters. The highest BCUT2D eigenvalue weighted by Gasteiger charge is 2.11. The lowest BCUT2D eigenvalue weighted by atomic mass is 9.91. The highest BCUT2D eigenvalue weighted by Crippen LogP contribution is 2.25. The standard InChI is InChI=1S/C23H25NO/c1-2-18-11-13-20(14-12-18)21(17-24)15-19-7-6-10-23(16-19)25-22-8-4-3-5-9-22/h3-14,16,21H,2,15,17,24H2,1H3. The van der Waals surface area contributed by atoms with Crippen LogP contribution in [0.15, 0.2) is 78.9 Å². The Morgan fingerprint density at radius 1 is 0.800 bits per heavy atom. The Morgan fingerprint density at radius 2 is 1.52 bits per heavy atom. The molecule has 0 aliphatic rings. The predicted molar refractivity (Wildman–Crippen MR) is 104 cm³/mol. The minimum atomic E-state index is 0.317. The molecule has 0 saturated heterocycles. The molecule has 2 N–H and O–H groups in total. The van der Waals surface area contributed by atoms with Crippen LogP contribution in [0.5, 0.6) is 11.5 Å². The molecule has 0 bridgehead atoms. The van der Waals surface area contributed by atoms with Crippen LogP contribution in [0.2, 0.25) is 0 Å². The number of benzene rings is 3. The van der Waals surface area contributed by atoms with Crippen LogP contribution in [-0.4, -0.2) is 6.54 Å². The largest absolute Gasteiger partial charge is 0.457 e. The number of hydrogen-bond donors (Lipinski definition) is 1. The number of aryl methyl sites for hydroxylation is 1. The van der Waals surface area contributed by atoms with Crippen molar-refractivity contribution in [1.82, 2.24) is 0 Å². The molecule has 25 heavy (non-hydrogen) atoms. The third-order valence-electron chi connectivity index (χ3n) is 4.50. The van der Waals surface area contributed by atoms with E-state index in [1.54, 1.807) is 0 Å². The van der Waals surface area contributed by atoms with E-state index in [0.717, 1.165) is 24.3 Å². The molecule has 128 valence electrons. The normalized spacial score (nSPS) is 11.9. The maximum Gasteiger partial charge on any atom is 0.127 e. The van der Waals surface area contributed by atoms with Gasteiger partial charge in [0.25, 0.3) is 0 Å².